The highest BCUT2D eigenvalue weighted by molar-refractivity contribution is 7.99. The number of aliphatic carboxylic acids is 2. The number of carboxylic acid groups (broad SMARTS) is 2. The van der Waals surface area contributed by atoms with Crippen molar-refractivity contribution in [3.05, 3.63) is 11.8 Å². The van der Waals surface area contributed by atoms with Gasteiger partial charge in [-0.05, 0) is 36.9 Å². The minimum atomic E-state index is -1.20. The van der Waals surface area contributed by atoms with Crippen LogP contribution in [0.25, 0.3) is 0 Å². The molecule has 0 radical (unpaired) electrons. The van der Waals surface area contributed by atoms with Crippen LogP contribution in [0.4, 0.5) is 0 Å². The first-order valence-electron chi connectivity index (χ1n) is 8.11. The van der Waals surface area contributed by atoms with E-state index in [0.717, 1.165) is 18.6 Å². The Bertz CT molecular complexity index is 564. The van der Waals surface area contributed by atoms with E-state index in [-0.39, 0.29) is 11.1 Å². The summed E-state index contributed by atoms with van der Waals surface area (Å²) < 4.78 is 0. The standard InChI is InChI=1S/C16H27N3O5S/c1-15(2)9-16(15,18)14(24)19-11(13(22)23)6-4-3-5-7-25-8-10(17)12(20)21/h6,10H,3-5,7-9,17-18H2,1-2H3,(H,19,24)(H,20,21)(H,22,23)/t10-,16-/m0/s1. The Hall–Kier alpha value is -1.58. The van der Waals surface area contributed by atoms with E-state index in [1.54, 1.807) is 0 Å². The number of carbonyl (C=O) groups is 3. The van der Waals surface area contributed by atoms with Gasteiger partial charge in [0.05, 0.1) is 0 Å². The number of carboxylic acids is 2. The average molecular weight is 373 g/mol. The molecule has 0 heterocycles. The summed E-state index contributed by atoms with van der Waals surface area (Å²) in [6.45, 7) is 3.73. The summed E-state index contributed by atoms with van der Waals surface area (Å²) in [5.41, 5.74) is 9.88. The van der Waals surface area contributed by atoms with E-state index in [0.29, 0.717) is 18.6 Å². The predicted molar refractivity (Wildman–Crippen MR) is 96.0 cm³/mol. The first-order valence-corrected chi connectivity index (χ1v) is 9.26. The van der Waals surface area contributed by atoms with Gasteiger partial charge in [-0.15, -0.1) is 0 Å². The molecule has 0 bridgehead atoms. The second-order valence-electron chi connectivity index (χ2n) is 6.92. The van der Waals surface area contributed by atoms with Crippen LogP contribution in [0.1, 0.15) is 39.5 Å². The van der Waals surface area contributed by atoms with Crippen LogP contribution in [0.5, 0.6) is 0 Å². The molecule has 1 amide bonds. The number of hydrogen-bond acceptors (Lipinski definition) is 6. The Morgan fingerprint density at radius 2 is 1.88 bits per heavy atom. The van der Waals surface area contributed by atoms with Crippen molar-refractivity contribution in [1.82, 2.24) is 5.32 Å². The summed E-state index contributed by atoms with van der Waals surface area (Å²) >= 11 is 1.45. The molecule has 0 spiro atoms. The molecule has 2 atom stereocenters. The number of allylic oxidation sites excluding steroid dienone is 1. The van der Waals surface area contributed by atoms with Crippen LogP contribution < -0.4 is 16.8 Å². The fraction of sp³-hybridized carbons (Fsp3) is 0.688. The van der Waals surface area contributed by atoms with Crippen molar-refractivity contribution in [2.75, 3.05) is 11.5 Å². The summed E-state index contributed by atoms with van der Waals surface area (Å²) in [5, 5.41) is 20.3. The molecule has 0 aromatic rings. The van der Waals surface area contributed by atoms with Gasteiger partial charge in [0.1, 0.15) is 17.3 Å². The third kappa shape index (κ3) is 6.02. The van der Waals surface area contributed by atoms with Gasteiger partial charge in [0.2, 0.25) is 5.91 Å². The zero-order valence-electron chi connectivity index (χ0n) is 14.6. The second-order valence-corrected chi connectivity index (χ2v) is 8.07. The molecule has 1 aliphatic rings. The van der Waals surface area contributed by atoms with E-state index in [1.807, 2.05) is 13.8 Å². The summed E-state index contributed by atoms with van der Waals surface area (Å²) in [6.07, 6.45) is 4.01. The van der Waals surface area contributed by atoms with Gasteiger partial charge in [-0.25, -0.2) is 4.79 Å². The Labute approximate surface area is 151 Å². The molecular weight excluding hydrogens is 346 g/mol. The topological polar surface area (TPSA) is 156 Å². The zero-order chi connectivity index (χ0) is 19.3. The molecule has 0 saturated heterocycles. The van der Waals surface area contributed by atoms with Gasteiger partial charge in [0.25, 0.3) is 0 Å². The Morgan fingerprint density at radius 1 is 1.28 bits per heavy atom. The van der Waals surface area contributed by atoms with Gasteiger partial charge < -0.3 is 27.0 Å². The number of thioether (sulfide) groups is 1. The molecule has 1 aliphatic carbocycles. The van der Waals surface area contributed by atoms with Crippen LogP contribution in [0, 0.1) is 5.41 Å². The van der Waals surface area contributed by atoms with Crippen LogP contribution >= 0.6 is 11.8 Å². The van der Waals surface area contributed by atoms with Gasteiger partial charge in [0, 0.05) is 5.75 Å². The third-order valence-corrected chi connectivity index (χ3v) is 5.57. The number of nitrogens with two attached hydrogens (primary N) is 2. The summed E-state index contributed by atoms with van der Waals surface area (Å²) in [5.74, 6) is -1.60. The Balaban J connectivity index is 2.34. The van der Waals surface area contributed by atoms with Crippen molar-refractivity contribution >= 4 is 29.6 Å². The number of carbonyl (C=O) groups excluding carboxylic acids is 1. The molecule has 1 fully saturated rings. The minimum Gasteiger partial charge on any atom is -0.480 e. The van der Waals surface area contributed by atoms with Crippen molar-refractivity contribution < 1.29 is 24.6 Å². The zero-order valence-corrected chi connectivity index (χ0v) is 15.4. The molecule has 0 aromatic carbocycles. The van der Waals surface area contributed by atoms with Crippen molar-refractivity contribution in [1.29, 1.82) is 0 Å². The van der Waals surface area contributed by atoms with E-state index in [4.69, 9.17) is 16.6 Å². The maximum atomic E-state index is 12.1. The summed E-state index contributed by atoms with van der Waals surface area (Å²) in [7, 11) is 0. The fourth-order valence-electron chi connectivity index (χ4n) is 2.34. The van der Waals surface area contributed by atoms with E-state index >= 15 is 0 Å². The lowest BCUT2D eigenvalue weighted by Crippen LogP contribution is -2.46. The molecule has 9 heteroatoms. The molecule has 142 valence electrons. The highest BCUT2D eigenvalue weighted by Crippen LogP contribution is 2.53. The first kappa shape index (κ1) is 21.5. The summed E-state index contributed by atoms with van der Waals surface area (Å²) in [6, 6.07) is -0.867. The molecule has 7 N–H and O–H groups in total. The Morgan fingerprint density at radius 3 is 2.36 bits per heavy atom. The van der Waals surface area contributed by atoms with Crippen LogP contribution in [0.3, 0.4) is 0 Å². The van der Waals surface area contributed by atoms with Crippen molar-refractivity contribution in [2.45, 2.75) is 51.1 Å². The number of nitrogens with one attached hydrogen (secondary N) is 1. The molecular formula is C16H27N3O5S. The van der Waals surface area contributed by atoms with Gasteiger partial charge in [-0.2, -0.15) is 11.8 Å². The highest BCUT2D eigenvalue weighted by Gasteiger charge is 2.63. The van der Waals surface area contributed by atoms with E-state index in [1.165, 1.54) is 17.8 Å². The van der Waals surface area contributed by atoms with Crippen molar-refractivity contribution in [2.24, 2.45) is 16.9 Å². The number of rotatable bonds is 11. The molecule has 0 unspecified atom stereocenters. The van der Waals surface area contributed by atoms with Crippen LogP contribution in [0.2, 0.25) is 0 Å². The van der Waals surface area contributed by atoms with Crippen LogP contribution in [-0.4, -0.2) is 51.1 Å². The average Bonchev–Trinajstić information content (AvgIpc) is 3.03. The molecule has 0 aromatic heterocycles. The van der Waals surface area contributed by atoms with Crippen LogP contribution in [0.15, 0.2) is 11.8 Å². The quantitative estimate of drug-likeness (QED) is 0.259. The van der Waals surface area contributed by atoms with Crippen LogP contribution in [-0.2, 0) is 14.4 Å². The lowest BCUT2D eigenvalue weighted by Gasteiger charge is -2.15. The number of hydrogen-bond donors (Lipinski definition) is 5. The number of unbranched alkanes of at least 4 members (excludes halogenated alkanes) is 2. The van der Waals surface area contributed by atoms with E-state index in [9.17, 15) is 19.5 Å². The maximum Gasteiger partial charge on any atom is 0.352 e. The van der Waals surface area contributed by atoms with Crippen molar-refractivity contribution in [3.8, 4) is 0 Å². The van der Waals surface area contributed by atoms with Crippen molar-refractivity contribution in [3.63, 3.8) is 0 Å². The second kappa shape index (κ2) is 8.68. The normalized spacial score (nSPS) is 23.0. The number of amides is 1. The summed E-state index contributed by atoms with van der Waals surface area (Å²) in [4.78, 5) is 34.0. The predicted octanol–water partition coefficient (Wildman–Crippen LogP) is 0.514. The molecule has 0 aliphatic heterocycles. The van der Waals surface area contributed by atoms with Gasteiger partial charge in [0.15, 0.2) is 0 Å². The van der Waals surface area contributed by atoms with Gasteiger partial charge in [-0.3, -0.25) is 9.59 Å². The van der Waals surface area contributed by atoms with Gasteiger partial charge in [-0.1, -0.05) is 19.9 Å². The Kier molecular flexibility index (Phi) is 7.45. The molecule has 1 saturated carbocycles. The minimum absolute atomic E-state index is 0.155. The SMILES string of the molecule is CC1(C)C[C@]1(N)C(=O)NC(=CCCCCSC[C@H](N)C(=O)O)C(=O)O. The van der Waals surface area contributed by atoms with E-state index in [2.05, 4.69) is 5.32 Å². The molecule has 1 rings (SSSR count). The van der Waals surface area contributed by atoms with Gasteiger partial charge >= 0.3 is 11.9 Å². The van der Waals surface area contributed by atoms with E-state index < -0.39 is 29.4 Å². The smallest absolute Gasteiger partial charge is 0.352 e. The lowest BCUT2D eigenvalue weighted by atomic mass is 10.0. The lowest BCUT2D eigenvalue weighted by molar-refractivity contribution is -0.138. The third-order valence-electron chi connectivity index (χ3n) is 4.39. The maximum absolute atomic E-state index is 12.1. The first-order chi connectivity index (χ1) is 11.5. The fourth-order valence-corrected chi connectivity index (χ4v) is 3.31. The molecule has 25 heavy (non-hydrogen) atoms. The monoisotopic (exact) mass is 373 g/mol. The highest BCUT2D eigenvalue weighted by atomic mass is 32.2. The molecule has 8 nitrogen and oxygen atoms in total. The largest absolute Gasteiger partial charge is 0.480 e.